The molecule has 0 saturated heterocycles. The van der Waals surface area contributed by atoms with E-state index < -0.39 is 0 Å². The van der Waals surface area contributed by atoms with Gasteiger partial charge < -0.3 is 15.2 Å². The summed E-state index contributed by atoms with van der Waals surface area (Å²) in [4.78, 5) is 16.5. The number of hydrogen-bond donors (Lipinski definition) is 2. The maximum atomic E-state index is 12.2. The molecule has 9 nitrogen and oxygen atoms in total. The lowest BCUT2D eigenvalue weighted by molar-refractivity contribution is -0.121. The number of nitrogens with one attached hydrogen (secondary N) is 2. The van der Waals surface area contributed by atoms with E-state index in [2.05, 4.69) is 30.9 Å². The quantitative estimate of drug-likeness (QED) is 0.467. The van der Waals surface area contributed by atoms with Crippen LogP contribution in [0.25, 0.3) is 16.9 Å². The minimum atomic E-state index is -0.0686. The number of anilines is 1. The molecular formula is C20H22N8O. The van der Waals surface area contributed by atoms with Crippen LogP contribution in [0.5, 0.6) is 0 Å². The van der Waals surface area contributed by atoms with Crippen molar-refractivity contribution in [2.24, 2.45) is 0 Å². The normalized spacial score (nSPS) is 11.0. The molecule has 0 spiro atoms. The zero-order chi connectivity index (χ0) is 20.2. The predicted molar refractivity (Wildman–Crippen MR) is 110 cm³/mol. The number of aryl methyl sites for hydroxylation is 2. The van der Waals surface area contributed by atoms with Crippen molar-refractivity contribution < 1.29 is 4.79 Å². The molecule has 1 amide bonds. The number of para-hydroxylation sites is 2. The Hall–Kier alpha value is -3.75. The summed E-state index contributed by atoms with van der Waals surface area (Å²) >= 11 is 0. The lowest BCUT2D eigenvalue weighted by atomic mass is 10.3. The molecule has 2 N–H and O–H groups in total. The van der Waals surface area contributed by atoms with Crippen molar-refractivity contribution in [3.05, 3.63) is 60.2 Å². The van der Waals surface area contributed by atoms with Gasteiger partial charge in [-0.15, -0.1) is 10.2 Å². The van der Waals surface area contributed by atoms with Crippen LogP contribution in [-0.2, 0) is 11.3 Å². The second kappa shape index (κ2) is 8.09. The number of aromatic nitrogens is 6. The molecule has 29 heavy (non-hydrogen) atoms. The Labute approximate surface area is 167 Å². The first-order valence-corrected chi connectivity index (χ1v) is 9.38. The zero-order valence-corrected chi connectivity index (χ0v) is 16.3. The lowest BCUT2D eigenvalue weighted by Crippen LogP contribution is -2.31. The molecule has 3 aromatic heterocycles. The molecule has 4 aromatic rings. The van der Waals surface area contributed by atoms with Gasteiger partial charge in [-0.3, -0.25) is 4.79 Å². The van der Waals surface area contributed by atoms with E-state index in [-0.39, 0.29) is 12.5 Å². The van der Waals surface area contributed by atoms with Crippen molar-refractivity contribution in [1.29, 1.82) is 0 Å². The first kappa shape index (κ1) is 18.6. The summed E-state index contributed by atoms with van der Waals surface area (Å²) in [6, 6.07) is 13.4. The van der Waals surface area contributed by atoms with Crippen molar-refractivity contribution in [3.8, 4) is 5.82 Å². The minimum Gasteiger partial charge on any atom is -0.367 e. The van der Waals surface area contributed by atoms with Gasteiger partial charge in [-0.2, -0.15) is 5.10 Å². The Morgan fingerprint density at radius 2 is 1.93 bits per heavy atom. The van der Waals surface area contributed by atoms with E-state index in [9.17, 15) is 4.79 Å². The van der Waals surface area contributed by atoms with Gasteiger partial charge in [0.25, 0.3) is 0 Å². The van der Waals surface area contributed by atoms with Gasteiger partial charge in [-0.25, -0.2) is 9.67 Å². The number of carbonyl (C=O) groups excluding carboxylic acids is 1. The second-order valence-electron chi connectivity index (χ2n) is 6.75. The summed E-state index contributed by atoms with van der Waals surface area (Å²) in [5.74, 6) is 1.24. The summed E-state index contributed by atoms with van der Waals surface area (Å²) in [7, 11) is 0. The summed E-state index contributed by atoms with van der Waals surface area (Å²) in [5.41, 5.74) is 3.76. The van der Waals surface area contributed by atoms with Crippen LogP contribution < -0.4 is 10.6 Å². The van der Waals surface area contributed by atoms with Crippen LogP contribution in [0.1, 0.15) is 11.4 Å². The van der Waals surface area contributed by atoms with Gasteiger partial charge in [-0.05, 0) is 44.2 Å². The van der Waals surface area contributed by atoms with E-state index in [0.29, 0.717) is 24.7 Å². The van der Waals surface area contributed by atoms with Gasteiger partial charge in [0.1, 0.15) is 12.4 Å². The molecule has 0 saturated carbocycles. The van der Waals surface area contributed by atoms with E-state index in [1.54, 1.807) is 11.0 Å². The van der Waals surface area contributed by atoms with Gasteiger partial charge in [-0.1, -0.05) is 12.1 Å². The summed E-state index contributed by atoms with van der Waals surface area (Å²) in [6.07, 6.45) is 1.68. The maximum Gasteiger partial charge on any atom is 0.240 e. The van der Waals surface area contributed by atoms with Crippen molar-refractivity contribution in [2.45, 2.75) is 20.4 Å². The Morgan fingerprint density at radius 3 is 2.69 bits per heavy atom. The second-order valence-corrected chi connectivity index (χ2v) is 6.75. The molecule has 9 heteroatoms. The van der Waals surface area contributed by atoms with E-state index in [1.165, 1.54) is 0 Å². The number of nitrogens with zero attached hydrogens (tertiary/aromatic N) is 6. The van der Waals surface area contributed by atoms with Crippen LogP contribution >= 0.6 is 0 Å². The number of rotatable bonds is 7. The zero-order valence-electron chi connectivity index (χ0n) is 16.3. The largest absolute Gasteiger partial charge is 0.367 e. The first-order chi connectivity index (χ1) is 14.1. The highest BCUT2D eigenvalue weighted by molar-refractivity contribution is 5.80. The molecular weight excluding hydrogens is 368 g/mol. The molecule has 0 bridgehead atoms. The first-order valence-electron chi connectivity index (χ1n) is 9.38. The maximum absolute atomic E-state index is 12.2. The molecule has 0 fully saturated rings. The molecule has 3 heterocycles. The minimum absolute atomic E-state index is 0.0686. The molecule has 0 unspecified atom stereocenters. The highest BCUT2D eigenvalue weighted by Gasteiger charge is 2.07. The van der Waals surface area contributed by atoms with Gasteiger partial charge in [0.05, 0.1) is 23.1 Å². The Morgan fingerprint density at radius 1 is 1.07 bits per heavy atom. The van der Waals surface area contributed by atoms with Crippen LogP contribution in [-0.4, -0.2) is 48.5 Å². The van der Waals surface area contributed by atoms with Crippen molar-refractivity contribution in [2.75, 3.05) is 18.4 Å². The predicted octanol–water partition coefficient (Wildman–Crippen LogP) is 1.86. The molecule has 0 aliphatic heterocycles. The Bertz CT molecular complexity index is 1130. The highest BCUT2D eigenvalue weighted by atomic mass is 16.1. The highest BCUT2D eigenvalue weighted by Crippen LogP contribution is 2.12. The molecule has 0 aliphatic rings. The smallest absolute Gasteiger partial charge is 0.240 e. The third kappa shape index (κ3) is 4.23. The van der Waals surface area contributed by atoms with Crippen LogP contribution in [0.15, 0.2) is 48.8 Å². The SMILES string of the molecule is Cc1cc(C)n(-c2ccc(NCCNC(=O)Cn3cnc4ccccc43)nn2)n1. The fourth-order valence-corrected chi connectivity index (χ4v) is 3.13. The number of hydrogen-bond acceptors (Lipinski definition) is 6. The number of imidazole rings is 1. The Balaban J connectivity index is 1.25. The van der Waals surface area contributed by atoms with Gasteiger partial charge in [0.15, 0.2) is 5.82 Å². The molecule has 1 aromatic carbocycles. The van der Waals surface area contributed by atoms with Crippen LogP contribution in [0.3, 0.4) is 0 Å². The third-order valence-corrected chi connectivity index (χ3v) is 4.47. The average molecular weight is 390 g/mol. The van der Waals surface area contributed by atoms with Crippen LogP contribution in [0.4, 0.5) is 5.82 Å². The summed E-state index contributed by atoms with van der Waals surface area (Å²) < 4.78 is 3.59. The van der Waals surface area contributed by atoms with Crippen molar-refractivity contribution in [1.82, 2.24) is 34.8 Å². The molecule has 0 radical (unpaired) electrons. The van der Waals surface area contributed by atoms with E-state index in [0.717, 1.165) is 22.4 Å². The van der Waals surface area contributed by atoms with Gasteiger partial charge >= 0.3 is 0 Å². The number of benzene rings is 1. The van der Waals surface area contributed by atoms with Crippen LogP contribution in [0, 0.1) is 13.8 Å². The molecule has 4 rings (SSSR count). The summed E-state index contributed by atoms with van der Waals surface area (Å²) in [5, 5.41) is 18.8. The van der Waals surface area contributed by atoms with E-state index in [4.69, 9.17) is 0 Å². The van der Waals surface area contributed by atoms with Gasteiger partial charge in [0, 0.05) is 18.8 Å². The van der Waals surface area contributed by atoms with Crippen LogP contribution in [0.2, 0.25) is 0 Å². The number of carbonyl (C=O) groups is 1. The van der Waals surface area contributed by atoms with E-state index >= 15 is 0 Å². The number of amides is 1. The Kier molecular flexibility index (Phi) is 5.19. The van der Waals surface area contributed by atoms with Crippen molar-refractivity contribution in [3.63, 3.8) is 0 Å². The molecule has 0 aliphatic carbocycles. The standard InChI is InChI=1S/C20H22N8O/c1-14-11-15(2)28(26-14)19-8-7-18(24-25-19)21-9-10-22-20(29)12-27-13-23-16-5-3-4-6-17(16)27/h3-8,11,13H,9-10,12H2,1-2H3,(H,21,24)(H,22,29). The third-order valence-electron chi connectivity index (χ3n) is 4.47. The average Bonchev–Trinajstić information content (AvgIpc) is 3.28. The topological polar surface area (TPSA) is 103 Å². The van der Waals surface area contributed by atoms with Gasteiger partial charge in [0.2, 0.25) is 5.91 Å². The van der Waals surface area contributed by atoms with Crippen molar-refractivity contribution >= 4 is 22.8 Å². The molecule has 0 atom stereocenters. The van der Waals surface area contributed by atoms with E-state index in [1.807, 2.05) is 60.9 Å². The molecule has 148 valence electrons. The summed E-state index contributed by atoms with van der Waals surface area (Å²) in [6.45, 7) is 5.17. The lowest BCUT2D eigenvalue weighted by Gasteiger charge is -2.09. The fourth-order valence-electron chi connectivity index (χ4n) is 3.13. The number of fused-ring (bicyclic) bond motifs is 1. The monoisotopic (exact) mass is 390 g/mol. The fraction of sp³-hybridized carbons (Fsp3) is 0.250.